The van der Waals surface area contributed by atoms with Gasteiger partial charge in [-0.15, -0.1) is 0 Å². The van der Waals surface area contributed by atoms with Crippen molar-refractivity contribution in [1.82, 2.24) is 5.32 Å². The maximum absolute atomic E-state index is 6.08. The van der Waals surface area contributed by atoms with Crippen molar-refractivity contribution in [1.29, 1.82) is 0 Å². The highest BCUT2D eigenvalue weighted by atomic mass is 16.5. The van der Waals surface area contributed by atoms with Gasteiger partial charge < -0.3 is 10.1 Å². The smallest absolute Gasteiger partial charge is 0.0685 e. The van der Waals surface area contributed by atoms with Crippen molar-refractivity contribution in [2.24, 2.45) is 5.92 Å². The number of ether oxygens (including phenoxy) is 1. The van der Waals surface area contributed by atoms with Crippen LogP contribution in [0.2, 0.25) is 0 Å². The van der Waals surface area contributed by atoms with Crippen LogP contribution >= 0.6 is 0 Å². The maximum Gasteiger partial charge on any atom is 0.0685 e. The molecule has 2 atom stereocenters. The fourth-order valence-electron chi connectivity index (χ4n) is 4.15. The lowest BCUT2D eigenvalue weighted by Gasteiger charge is -2.48. The van der Waals surface area contributed by atoms with Gasteiger partial charge in [-0.1, -0.05) is 24.3 Å². The van der Waals surface area contributed by atoms with Gasteiger partial charge in [0.25, 0.3) is 0 Å². The fraction of sp³-hybridized carbons (Fsp3) is 0.684. The Morgan fingerprint density at radius 1 is 1.33 bits per heavy atom. The standard InChI is InChI=1S/C19H29NO/c1-15-6-3-4-7-16(15)8-9-18(20-2)17-10-13-21-19(14-17)11-5-12-19/h3-4,6-7,17-18,20H,5,8-14H2,1-2H3. The molecule has 1 N–H and O–H groups in total. The van der Waals surface area contributed by atoms with E-state index in [1.54, 1.807) is 0 Å². The molecule has 1 aliphatic carbocycles. The van der Waals surface area contributed by atoms with Gasteiger partial charge in [-0.2, -0.15) is 0 Å². The number of hydrogen-bond donors (Lipinski definition) is 1. The molecule has 2 nitrogen and oxygen atoms in total. The predicted octanol–water partition coefficient (Wildman–Crippen LogP) is 3.86. The van der Waals surface area contributed by atoms with Crippen molar-refractivity contribution in [3.63, 3.8) is 0 Å². The molecule has 0 aromatic heterocycles. The lowest BCUT2D eigenvalue weighted by molar-refractivity contribution is -0.147. The highest BCUT2D eigenvalue weighted by Crippen LogP contribution is 2.45. The normalized spacial score (nSPS) is 25.5. The molecular weight excluding hydrogens is 258 g/mol. The Morgan fingerprint density at radius 3 is 2.81 bits per heavy atom. The third-order valence-electron chi connectivity index (χ3n) is 5.72. The van der Waals surface area contributed by atoms with Crippen LogP contribution in [0.4, 0.5) is 0 Å². The lowest BCUT2D eigenvalue weighted by Crippen LogP contribution is -2.49. The number of benzene rings is 1. The quantitative estimate of drug-likeness (QED) is 0.888. The minimum Gasteiger partial charge on any atom is -0.375 e. The van der Waals surface area contributed by atoms with Gasteiger partial charge in [0.2, 0.25) is 0 Å². The van der Waals surface area contributed by atoms with E-state index in [1.165, 1.54) is 56.1 Å². The molecule has 1 aromatic rings. The van der Waals surface area contributed by atoms with E-state index in [-0.39, 0.29) is 5.60 Å². The minimum absolute atomic E-state index is 0.265. The average Bonchev–Trinajstić information content (AvgIpc) is 2.48. The van der Waals surface area contributed by atoms with Crippen LogP contribution in [0.25, 0.3) is 0 Å². The molecule has 2 heteroatoms. The summed E-state index contributed by atoms with van der Waals surface area (Å²) in [6.45, 7) is 3.19. The van der Waals surface area contributed by atoms with Crippen LogP contribution in [0.3, 0.4) is 0 Å². The molecule has 2 aliphatic rings. The van der Waals surface area contributed by atoms with E-state index in [0.29, 0.717) is 6.04 Å². The zero-order valence-electron chi connectivity index (χ0n) is 13.5. The van der Waals surface area contributed by atoms with Gasteiger partial charge in [0.15, 0.2) is 0 Å². The topological polar surface area (TPSA) is 21.3 Å². The molecule has 1 spiro atoms. The first-order valence-corrected chi connectivity index (χ1v) is 8.58. The highest BCUT2D eigenvalue weighted by molar-refractivity contribution is 5.25. The average molecular weight is 287 g/mol. The Hall–Kier alpha value is -0.860. The molecule has 1 saturated carbocycles. The van der Waals surface area contributed by atoms with E-state index in [2.05, 4.69) is 43.6 Å². The first kappa shape index (κ1) is 15.1. The molecule has 3 rings (SSSR count). The van der Waals surface area contributed by atoms with Gasteiger partial charge in [0, 0.05) is 12.6 Å². The summed E-state index contributed by atoms with van der Waals surface area (Å²) in [6.07, 6.45) is 8.85. The Kier molecular flexibility index (Phi) is 4.66. The van der Waals surface area contributed by atoms with E-state index < -0.39 is 0 Å². The summed E-state index contributed by atoms with van der Waals surface area (Å²) >= 11 is 0. The summed E-state index contributed by atoms with van der Waals surface area (Å²) in [5, 5.41) is 3.59. The van der Waals surface area contributed by atoms with Crippen molar-refractivity contribution in [2.75, 3.05) is 13.7 Å². The van der Waals surface area contributed by atoms with Gasteiger partial charge in [-0.25, -0.2) is 0 Å². The predicted molar refractivity (Wildman–Crippen MR) is 87.6 cm³/mol. The second-order valence-electron chi connectivity index (χ2n) is 7.00. The highest BCUT2D eigenvalue weighted by Gasteiger charge is 2.43. The molecule has 21 heavy (non-hydrogen) atoms. The van der Waals surface area contributed by atoms with Gasteiger partial charge in [0.1, 0.15) is 0 Å². The third-order valence-corrected chi connectivity index (χ3v) is 5.72. The molecule has 0 radical (unpaired) electrons. The zero-order chi connectivity index (χ0) is 14.7. The van der Waals surface area contributed by atoms with Crippen LogP contribution in [0.1, 0.15) is 49.7 Å². The largest absolute Gasteiger partial charge is 0.375 e. The van der Waals surface area contributed by atoms with Crippen LogP contribution in [0.5, 0.6) is 0 Å². The van der Waals surface area contributed by atoms with Crippen LogP contribution in [-0.2, 0) is 11.2 Å². The summed E-state index contributed by atoms with van der Waals surface area (Å²) in [5.41, 5.74) is 3.19. The summed E-state index contributed by atoms with van der Waals surface area (Å²) in [6, 6.07) is 9.42. The van der Waals surface area contributed by atoms with Gasteiger partial charge in [0.05, 0.1) is 5.60 Å². The van der Waals surface area contributed by atoms with E-state index in [9.17, 15) is 0 Å². The lowest BCUT2D eigenvalue weighted by atomic mass is 9.70. The van der Waals surface area contributed by atoms with Crippen LogP contribution < -0.4 is 5.32 Å². The summed E-state index contributed by atoms with van der Waals surface area (Å²) in [5.74, 6) is 0.785. The van der Waals surface area contributed by atoms with Crippen LogP contribution in [0, 0.1) is 12.8 Å². The van der Waals surface area contributed by atoms with E-state index in [4.69, 9.17) is 4.74 Å². The van der Waals surface area contributed by atoms with Crippen LogP contribution in [-0.4, -0.2) is 25.3 Å². The zero-order valence-corrected chi connectivity index (χ0v) is 13.5. The van der Waals surface area contributed by atoms with Gasteiger partial charge in [-0.05, 0) is 76.0 Å². The molecule has 1 saturated heterocycles. The summed E-state index contributed by atoms with van der Waals surface area (Å²) in [7, 11) is 2.13. The molecule has 0 bridgehead atoms. The van der Waals surface area contributed by atoms with Crippen molar-refractivity contribution < 1.29 is 4.74 Å². The molecule has 2 fully saturated rings. The van der Waals surface area contributed by atoms with Gasteiger partial charge in [-0.3, -0.25) is 0 Å². The Morgan fingerprint density at radius 2 is 2.14 bits per heavy atom. The summed E-state index contributed by atoms with van der Waals surface area (Å²) < 4.78 is 6.08. The molecule has 0 amide bonds. The monoisotopic (exact) mass is 287 g/mol. The van der Waals surface area contributed by atoms with E-state index in [1.807, 2.05) is 0 Å². The Bertz CT molecular complexity index is 466. The molecule has 1 aromatic carbocycles. The Labute approximate surface area is 129 Å². The van der Waals surface area contributed by atoms with Crippen LogP contribution in [0.15, 0.2) is 24.3 Å². The number of hydrogen-bond acceptors (Lipinski definition) is 2. The van der Waals surface area contributed by atoms with E-state index >= 15 is 0 Å². The second kappa shape index (κ2) is 6.50. The first-order chi connectivity index (χ1) is 10.2. The fourth-order valence-corrected chi connectivity index (χ4v) is 4.15. The number of nitrogens with one attached hydrogen (secondary N) is 1. The third kappa shape index (κ3) is 3.32. The first-order valence-electron chi connectivity index (χ1n) is 8.58. The van der Waals surface area contributed by atoms with E-state index in [0.717, 1.165) is 12.5 Å². The SMILES string of the molecule is CNC(CCc1ccccc1C)C1CCOC2(CCC2)C1. The summed E-state index contributed by atoms with van der Waals surface area (Å²) in [4.78, 5) is 0. The minimum atomic E-state index is 0.265. The van der Waals surface area contributed by atoms with Crippen molar-refractivity contribution >= 4 is 0 Å². The molecule has 1 aliphatic heterocycles. The van der Waals surface area contributed by atoms with Crippen molar-refractivity contribution in [3.8, 4) is 0 Å². The Balaban J connectivity index is 1.58. The molecule has 2 unspecified atom stereocenters. The number of aryl methyl sites for hydroxylation is 2. The maximum atomic E-state index is 6.08. The molecule has 1 heterocycles. The number of rotatable bonds is 5. The molecular formula is C19H29NO. The van der Waals surface area contributed by atoms with Crippen molar-refractivity contribution in [2.45, 2.75) is 63.5 Å². The van der Waals surface area contributed by atoms with Crippen molar-refractivity contribution in [3.05, 3.63) is 35.4 Å². The second-order valence-corrected chi connectivity index (χ2v) is 7.00. The van der Waals surface area contributed by atoms with Gasteiger partial charge >= 0.3 is 0 Å². The molecule has 116 valence electrons.